The van der Waals surface area contributed by atoms with Gasteiger partial charge in [0.2, 0.25) is 0 Å². The van der Waals surface area contributed by atoms with Crippen LogP contribution in [-0.4, -0.2) is 11.8 Å². The predicted octanol–water partition coefficient (Wildman–Crippen LogP) is 6.04. The van der Waals surface area contributed by atoms with Crippen LogP contribution in [0.1, 0.15) is 26.5 Å². The van der Waals surface area contributed by atoms with Crippen molar-refractivity contribution in [2.75, 3.05) is 10.6 Å². The summed E-state index contributed by atoms with van der Waals surface area (Å²) in [5.41, 5.74) is 1.95. The van der Waals surface area contributed by atoms with Crippen LogP contribution in [0.3, 0.4) is 0 Å². The van der Waals surface area contributed by atoms with Gasteiger partial charge in [-0.3, -0.25) is 9.59 Å². The van der Waals surface area contributed by atoms with Crippen molar-refractivity contribution < 1.29 is 22.8 Å². The number of hydrogen-bond donors (Lipinski definition) is 2. The van der Waals surface area contributed by atoms with E-state index in [1.165, 1.54) is 18.4 Å². The number of carbonyl (C=O) groups is 2. The minimum Gasteiger partial charge on any atom is -0.459 e. The van der Waals surface area contributed by atoms with E-state index in [1.54, 1.807) is 55.5 Å². The summed E-state index contributed by atoms with van der Waals surface area (Å²) in [4.78, 5) is 25.2. The molecule has 3 aromatic carbocycles. The standard InChI is InChI=1S/C25H18F2N2O3/c1-15-9-10-17(12-21(15)28-25(31)22-8-5-11-32-22)24(30)29-23-19(13-18(26)14-20(23)27)16-6-3-2-4-7-16/h2-14H,1H3,(H,28,31)(H,29,30). The van der Waals surface area contributed by atoms with Gasteiger partial charge < -0.3 is 15.1 Å². The zero-order chi connectivity index (χ0) is 22.7. The van der Waals surface area contributed by atoms with Crippen molar-refractivity contribution in [2.45, 2.75) is 6.92 Å². The third-order valence-electron chi connectivity index (χ3n) is 4.87. The smallest absolute Gasteiger partial charge is 0.291 e. The van der Waals surface area contributed by atoms with E-state index in [9.17, 15) is 18.4 Å². The minimum absolute atomic E-state index is 0.125. The van der Waals surface area contributed by atoms with E-state index >= 15 is 0 Å². The fourth-order valence-electron chi connectivity index (χ4n) is 3.22. The maximum atomic E-state index is 14.6. The molecule has 0 bridgehead atoms. The highest BCUT2D eigenvalue weighted by Gasteiger charge is 2.18. The molecule has 0 aliphatic heterocycles. The second-order valence-electron chi connectivity index (χ2n) is 7.09. The van der Waals surface area contributed by atoms with E-state index in [1.807, 2.05) is 0 Å². The van der Waals surface area contributed by atoms with Gasteiger partial charge in [-0.1, -0.05) is 36.4 Å². The van der Waals surface area contributed by atoms with Gasteiger partial charge in [-0.15, -0.1) is 0 Å². The topological polar surface area (TPSA) is 71.3 Å². The number of hydrogen-bond acceptors (Lipinski definition) is 3. The van der Waals surface area contributed by atoms with Crippen molar-refractivity contribution in [3.05, 3.63) is 108 Å². The van der Waals surface area contributed by atoms with Gasteiger partial charge in [-0.25, -0.2) is 8.78 Å². The fourth-order valence-corrected chi connectivity index (χ4v) is 3.22. The summed E-state index contributed by atoms with van der Waals surface area (Å²) in [6.45, 7) is 1.77. The summed E-state index contributed by atoms with van der Waals surface area (Å²) in [7, 11) is 0. The van der Waals surface area contributed by atoms with Crippen molar-refractivity contribution in [1.29, 1.82) is 0 Å². The molecule has 0 spiro atoms. The molecule has 5 nitrogen and oxygen atoms in total. The van der Waals surface area contributed by atoms with Crippen LogP contribution in [-0.2, 0) is 0 Å². The average molecular weight is 432 g/mol. The van der Waals surface area contributed by atoms with E-state index in [2.05, 4.69) is 10.6 Å². The highest BCUT2D eigenvalue weighted by atomic mass is 19.1. The number of halogens is 2. The van der Waals surface area contributed by atoms with E-state index in [-0.39, 0.29) is 22.6 Å². The number of aryl methyl sites for hydroxylation is 1. The summed E-state index contributed by atoms with van der Waals surface area (Å²) in [6, 6.07) is 18.3. The molecule has 0 radical (unpaired) electrons. The van der Waals surface area contributed by atoms with E-state index < -0.39 is 23.4 Å². The number of rotatable bonds is 5. The summed E-state index contributed by atoms with van der Waals surface area (Å²) in [5.74, 6) is -2.60. The van der Waals surface area contributed by atoms with Crippen LogP contribution in [0.15, 0.2) is 83.5 Å². The second kappa shape index (κ2) is 8.85. The van der Waals surface area contributed by atoms with Crippen LogP contribution < -0.4 is 10.6 Å². The van der Waals surface area contributed by atoms with Gasteiger partial charge >= 0.3 is 0 Å². The first kappa shape index (κ1) is 21.0. The Hall–Kier alpha value is -4.26. The lowest BCUT2D eigenvalue weighted by Gasteiger charge is -2.14. The van der Waals surface area contributed by atoms with Crippen molar-refractivity contribution in [1.82, 2.24) is 0 Å². The van der Waals surface area contributed by atoms with Gasteiger partial charge in [0.05, 0.1) is 12.0 Å². The zero-order valence-corrected chi connectivity index (χ0v) is 17.0. The largest absolute Gasteiger partial charge is 0.459 e. The molecule has 0 saturated heterocycles. The lowest BCUT2D eigenvalue weighted by atomic mass is 10.0. The number of carbonyl (C=O) groups excluding carboxylic acids is 2. The molecule has 160 valence electrons. The third-order valence-corrected chi connectivity index (χ3v) is 4.87. The van der Waals surface area contributed by atoms with Crippen LogP contribution in [0.4, 0.5) is 20.2 Å². The van der Waals surface area contributed by atoms with Crippen LogP contribution in [0.5, 0.6) is 0 Å². The molecule has 2 amide bonds. The molecule has 1 aromatic heterocycles. The van der Waals surface area contributed by atoms with Crippen LogP contribution in [0, 0.1) is 18.6 Å². The molecule has 0 aliphatic rings. The Labute approximate surface area is 182 Å². The Morgan fingerprint density at radius 1 is 0.844 bits per heavy atom. The van der Waals surface area contributed by atoms with Crippen LogP contribution >= 0.6 is 0 Å². The van der Waals surface area contributed by atoms with Crippen LogP contribution in [0.25, 0.3) is 11.1 Å². The highest BCUT2D eigenvalue weighted by molar-refractivity contribution is 6.08. The molecule has 4 rings (SSSR count). The van der Waals surface area contributed by atoms with Gasteiger partial charge in [0.25, 0.3) is 11.8 Å². The maximum Gasteiger partial charge on any atom is 0.291 e. The van der Waals surface area contributed by atoms with Crippen molar-refractivity contribution in [3.63, 3.8) is 0 Å². The number of anilines is 2. The molecule has 7 heteroatoms. The van der Waals surface area contributed by atoms with Gasteiger partial charge in [-0.05, 0) is 48.4 Å². The Morgan fingerprint density at radius 2 is 1.62 bits per heavy atom. The molecule has 4 aromatic rings. The monoisotopic (exact) mass is 432 g/mol. The summed E-state index contributed by atoms with van der Waals surface area (Å²) >= 11 is 0. The van der Waals surface area contributed by atoms with E-state index in [4.69, 9.17) is 4.42 Å². The quantitative estimate of drug-likeness (QED) is 0.404. The highest BCUT2D eigenvalue weighted by Crippen LogP contribution is 2.32. The maximum absolute atomic E-state index is 14.6. The number of benzene rings is 3. The molecule has 0 atom stereocenters. The molecule has 32 heavy (non-hydrogen) atoms. The summed E-state index contributed by atoms with van der Waals surface area (Å²) in [6.07, 6.45) is 1.38. The fraction of sp³-hybridized carbons (Fsp3) is 0.0400. The van der Waals surface area contributed by atoms with Crippen molar-refractivity contribution >= 4 is 23.2 Å². The average Bonchev–Trinajstić information content (AvgIpc) is 3.32. The molecular weight excluding hydrogens is 414 g/mol. The molecular formula is C25H18F2N2O3. The number of furan rings is 1. The SMILES string of the molecule is Cc1ccc(C(=O)Nc2c(F)cc(F)cc2-c2ccccc2)cc1NC(=O)c1ccco1. The Balaban J connectivity index is 1.63. The lowest BCUT2D eigenvalue weighted by Crippen LogP contribution is -2.16. The minimum atomic E-state index is -0.893. The van der Waals surface area contributed by atoms with Gasteiger partial charge in [0.15, 0.2) is 5.76 Å². The lowest BCUT2D eigenvalue weighted by molar-refractivity contribution is 0.0993. The Morgan fingerprint density at radius 3 is 2.34 bits per heavy atom. The first-order chi connectivity index (χ1) is 15.4. The van der Waals surface area contributed by atoms with E-state index in [0.717, 1.165) is 11.6 Å². The molecule has 2 N–H and O–H groups in total. The summed E-state index contributed by atoms with van der Waals surface area (Å²) < 4.78 is 33.6. The molecule has 0 aliphatic carbocycles. The summed E-state index contributed by atoms with van der Waals surface area (Å²) in [5, 5.41) is 5.23. The molecule has 0 fully saturated rings. The van der Waals surface area contributed by atoms with Crippen molar-refractivity contribution in [2.24, 2.45) is 0 Å². The number of nitrogens with one attached hydrogen (secondary N) is 2. The number of amides is 2. The first-order valence-corrected chi connectivity index (χ1v) is 9.73. The third kappa shape index (κ3) is 4.41. The van der Waals surface area contributed by atoms with E-state index in [0.29, 0.717) is 17.3 Å². The second-order valence-corrected chi connectivity index (χ2v) is 7.09. The molecule has 0 saturated carbocycles. The molecule has 1 heterocycles. The van der Waals surface area contributed by atoms with Crippen LogP contribution in [0.2, 0.25) is 0 Å². The first-order valence-electron chi connectivity index (χ1n) is 9.73. The molecule has 0 unspecified atom stereocenters. The van der Waals surface area contributed by atoms with Gasteiger partial charge in [-0.2, -0.15) is 0 Å². The predicted molar refractivity (Wildman–Crippen MR) is 118 cm³/mol. The van der Waals surface area contributed by atoms with Gasteiger partial charge in [0, 0.05) is 22.9 Å². The van der Waals surface area contributed by atoms with Gasteiger partial charge in [0.1, 0.15) is 11.6 Å². The Bertz CT molecular complexity index is 1290. The van der Waals surface area contributed by atoms with Crippen molar-refractivity contribution in [3.8, 4) is 11.1 Å². The Kier molecular flexibility index (Phi) is 5.81. The normalized spacial score (nSPS) is 10.6. The zero-order valence-electron chi connectivity index (χ0n) is 17.0.